The lowest BCUT2D eigenvalue weighted by atomic mass is 10.5. The molecule has 62 valence electrons. The van der Waals surface area contributed by atoms with E-state index in [1.54, 1.807) is 13.0 Å². The largest absolute Gasteiger partial charge is 0.338 e. The zero-order valence-corrected chi connectivity index (χ0v) is 7.07. The minimum absolute atomic E-state index is 0.269. The van der Waals surface area contributed by atoms with Crippen molar-refractivity contribution in [1.82, 2.24) is 5.16 Å². The summed E-state index contributed by atoms with van der Waals surface area (Å²) in [5, 5.41) is 3.55. The van der Waals surface area contributed by atoms with Crippen molar-refractivity contribution in [2.75, 3.05) is 11.0 Å². The number of nitrogens with zero attached hydrogens (tertiary/aromatic N) is 1. The van der Waals surface area contributed by atoms with Gasteiger partial charge in [-0.3, -0.25) is 4.72 Å². The number of rotatable bonds is 2. The Hall–Kier alpha value is -1.04. The Morgan fingerprint density at radius 3 is 2.82 bits per heavy atom. The summed E-state index contributed by atoms with van der Waals surface area (Å²) in [7, 11) is -2.75. The number of hydrogen-bond donors (Lipinski definition) is 2. The summed E-state index contributed by atoms with van der Waals surface area (Å²) < 4.78 is 24.9. The molecule has 0 amide bonds. The first-order valence-corrected chi connectivity index (χ1v) is 4.89. The highest BCUT2D eigenvalue weighted by molar-refractivity contribution is 7.93. The van der Waals surface area contributed by atoms with E-state index >= 15 is 0 Å². The highest BCUT2D eigenvalue weighted by Crippen LogP contribution is 2.09. The monoisotopic (exact) mass is 175 g/mol. The molecule has 1 aromatic rings. The standard InChI is InChI=1S/C5H9N3O2S/c1-4-3-5(10-7-4)8-11(2,6)9/h3H,1-2H3,(H2,6,8,9). The second kappa shape index (κ2) is 2.54. The van der Waals surface area contributed by atoms with E-state index in [-0.39, 0.29) is 5.88 Å². The molecule has 0 aliphatic carbocycles. The first kappa shape index (κ1) is 8.06. The Balaban J connectivity index is 2.81. The molecule has 5 nitrogen and oxygen atoms in total. The van der Waals surface area contributed by atoms with E-state index < -0.39 is 9.92 Å². The van der Waals surface area contributed by atoms with Crippen LogP contribution in [0.25, 0.3) is 0 Å². The average Bonchev–Trinajstić information content (AvgIpc) is 2.10. The summed E-state index contributed by atoms with van der Waals surface area (Å²) in [5.41, 5.74) is 0.691. The lowest BCUT2D eigenvalue weighted by molar-refractivity contribution is 0.431. The van der Waals surface area contributed by atoms with Gasteiger partial charge < -0.3 is 4.52 Å². The second-order valence-corrected chi connectivity index (χ2v) is 4.17. The van der Waals surface area contributed by atoms with Gasteiger partial charge in [0.15, 0.2) is 0 Å². The van der Waals surface area contributed by atoms with Gasteiger partial charge in [0, 0.05) is 12.3 Å². The van der Waals surface area contributed by atoms with Crippen LogP contribution in [0.1, 0.15) is 5.69 Å². The smallest absolute Gasteiger partial charge is 0.237 e. The summed E-state index contributed by atoms with van der Waals surface area (Å²) in [4.78, 5) is 0. The van der Waals surface area contributed by atoms with Crippen LogP contribution in [-0.2, 0) is 9.92 Å². The molecular formula is C5H9N3O2S. The van der Waals surface area contributed by atoms with Crippen LogP contribution in [0.4, 0.5) is 5.88 Å². The van der Waals surface area contributed by atoms with Crippen LogP contribution in [0.2, 0.25) is 0 Å². The van der Waals surface area contributed by atoms with Crippen molar-refractivity contribution in [2.24, 2.45) is 0 Å². The average molecular weight is 175 g/mol. The molecule has 1 heterocycles. The Labute approximate surface area is 64.9 Å². The molecule has 0 saturated heterocycles. The van der Waals surface area contributed by atoms with Gasteiger partial charge in [-0.1, -0.05) is 5.16 Å². The van der Waals surface area contributed by atoms with E-state index in [0.29, 0.717) is 5.69 Å². The molecule has 0 aromatic carbocycles. The highest BCUT2D eigenvalue weighted by atomic mass is 32.2. The predicted octanol–water partition coefficient (Wildman–Crippen LogP) is 0.986. The van der Waals surface area contributed by atoms with Gasteiger partial charge in [0.05, 0.1) is 5.69 Å². The fraction of sp³-hybridized carbons (Fsp3) is 0.400. The summed E-state index contributed by atoms with van der Waals surface area (Å²) in [5.74, 6) is 0.269. The molecule has 0 bridgehead atoms. The van der Waals surface area contributed by atoms with Gasteiger partial charge >= 0.3 is 0 Å². The predicted molar refractivity (Wildman–Crippen MR) is 41.6 cm³/mol. The van der Waals surface area contributed by atoms with Crippen LogP contribution in [0, 0.1) is 11.7 Å². The third-order valence-corrected chi connectivity index (χ3v) is 1.51. The third-order valence-electron chi connectivity index (χ3n) is 0.923. The van der Waals surface area contributed by atoms with E-state index in [2.05, 4.69) is 14.4 Å². The summed E-state index contributed by atoms with van der Waals surface area (Å²) >= 11 is 0. The lowest BCUT2D eigenvalue weighted by Crippen LogP contribution is -2.06. The maximum Gasteiger partial charge on any atom is 0.237 e. The first-order chi connectivity index (χ1) is 4.97. The second-order valence-electron chi connectivity index (χ2n) is 2.28. The molecule has 1 unspecified atom stereocenters. The number of hydrogen-bond acceptors (Lipinski definition) is 4. The number of aromatic nitrogens is 1. The van der Waals surface area contributed by atoms with E-state index in [9.17, 15) is 4.21 Å². The molecule has 0 saturated carbocycles. The minimum atomic E-state index is -2.75. The molecule has 0 fully saturated rings. The third kappa shape index (κ3) is 2.58. The number of nitrogens with one attached hydrogen (secondary N) is 2. The Morgan fingerprint density at radius 2 is 2.45 bits per heavy atom. The van der Waals surface area contributed by atoms with Gasteiger partial charge in [-0.15, -0.1) is 0 Å². The van der Waals surface area contributed by atoms with Crippen molar-refractivity contribution in [3.8, 4) is 0 Å². The van der Waals surface area contributed by atoms with Crippen LogP contribution < -0.4 is 4.72 Å². The maximum atomic E-state index is 10.8. The Bertz CT molecular complexity index is 340. The van der Waals surface area contributed by atoms with Gasteiger partial charge in [0.2, 0.25) is 5.88 Å². The summed E-state index contributed by atoms with van der Waals surface area (Å²) in [6, 6.07) is 1.58. The van der Waals surface area contributed by atoms with E-state index in [4.69, 9.17) is 4.78 Å². The van der Waals surface area contributed by atoms with Crippen LogP contribution in [0.15, 0.2) is 10.6 Å². The van der Waals surface area contributed by atoms with Crippen LogP contribution >= 0.6 is 0 Å². The molecule has 1 aromatic heterocycles. The number of aryl methyl sites for hydroxylation is 1. The van der Waals surface area contributed by atoms with Crippen molar-refractivity contribution < 1.29 is 8.73 Å². The first-order valence-electron chi connectivity index (χ1n) is 2.92. The van der Waals surface area contributed by atoms with Gasteiger partial charge in [-0.05, 0) is 6.92 Å². The van der Waals surface area contributed by atoms with Crippen molar-refractivity contribution in [1.29, 1.82) is 4.78 Å². The van der Waals surface area contributed by atoms with Gasteiger partial charge in [-0.25, -0.2) is 8.99 Å². The van der Waals surface area contributed by atoms with Gasteiger partial charge in [0.25, 0.3) is 0 Å². The molecule has 0 spiro atoms. The Morgan fingerprint density at radius 1 is 1.82 bits per heavy atom. The molecule has 0 aliphatic rings. The normalized spacial score (nSPS) is 15.8. The van der Waals surface area contributed by atoms with Crippen LogP contribution in [-0.4, -0.2) is 15.6 Å². The summed E-state index contributed by atoms with van der Waals surface area (Å²) in [6.45, 7) is 1.75. The molecule has 0 radical (unpaired) electrons. The molecule has 6 heteroatoms. The van der Waals surface area contributed by atoms with Crippen molar-refractivity contribution in [2.45, 2.75) is 6.92 Å². The van der Waals surface area contributed by atoms with E-state index in [1.165, 1.54) is 6.26 Å². The highest BCUT2D eigenvalue weighted by Gasteiger charge is 2.02. The summed E-state index contributed by atoms with van der Waals surface area (Å²) in [6.07, 6.45) is 1.27. The quantitative estimate of drug-likeness (QED) is 0.703. The number of anilines is 1. The topological polar surface area (TPSA) is 79.0 Å². The molecular weight excluding hydrogens is 166 g/mol. The lowest BCUT2D eigenvalue weighted by Gasteiger charge is -1.98. The molecule has 1 atom stereocenters. The van der Waals surface area contributed by atoms with Crippen molar-refractivity contribution in [3.63, 3.8) is 0 Å². The van der Waals surface area contributed by atoms with E-state index in [1.807, 2.05) is 0 Å². The molecule has 1 rings (SSSR count). The fourth-order valence-electron chi connectivity index (χ4n) is 0.604. The molecule has 0 aliphatic heterocycles. The zero-order chi connectivity index (χ0) is 8.48. The van der Waals surface area contributed by atoms with Crippen LogP contribution in [0.5, 0.6) is 0 Å². The Kier molecular flexibility index (Phi) is 1.86. The fourth-order valence-corrected chi connectivity index (χ4v) is 1.08. The molecule has 11 heavy (non-hydrogen) atoms. The molecule has 2 N–H and O–H groups in total. The minimum Gasteiger partial charge on any atom is -0.338 e. The maximum absolute atomic E-state index is 10.8. The van der Waals surface area contributed by atoms with Crippen molar-refractivity contribution >= 4 is 15.8 Å². The SMILES string of the molecule is Cc1cc(NS(C)(=N)=O)on1. The van der Waals surface area contributed by atoms with Gasteiger partial charge in [0.1, 0.15) is 9.92 Å². The zero-order valence-electron chi connectivity index (χ0n) is 6.25. The van der Waals surface area contributed by atoms with Crippen LogP contribution in [0.3, 0.4) is 0 Å². The van der Waals surface area contributed by atoms with Crippen molar-refractivity contribution in [3.05, 3.63) is 11.8 Å². The van der Waals surface area contributed by atoms with E-state index in [0.717, 1.165) is 0 Å². The van der Waals surface area contributed by atoms with Gasteiger partial charge in [-0.2, -0.15) is 0 Å².